The number of alkyl halides is 1. The van der Waals surface area contributed by atoms with E-state index in [1.807, 2.05) is 58.0 Å². The summed E-state index contributed by atoms with van der Waals surface area (Å²) in [5, 5.41) is 2.98. The van der Waals surface area contributed by atoms with Gasteiger partial charge in [0.15, 0.2) is 0 Å². The standard InChI is InChI=1S/2C15H21NS.C13H17NS.C7H12ClN.C6H6S.2C2H6.2CH4.ClH/c2*1-2-12-3-5-14(6-4-12)17-15-11-16-9-7-13(15)8-10-16;1-2-4-12(5-3-1)15-13-10-14-8-6-11(13)7-9-14;8-7-5-9-3-1-6(7)2-4-9;7-6-4-2-1-3-5-6;2*1-2;;;/h2*3-6,13,15H,2,7-11H2,1H3;1-5,11,13H,6-10H2;6-7H,1-5H2;1-5,7H;2*1-2H3;2*1H4;1H/t2*15-;13-;;;;;;;/m000......./s1. The lowest BCUT2D eigenvalue weighted by atomic mass is 9.88. The fourth-order valence-electron chi connectivity index (χ4n) is 11.1. The van der Waals surface area contributed by atoms with Crippen molar-refractivity contribution in [3.05, 3.63) is 120 Å². The average molecular weight is 1100 g/mol. The molecule has 0 amide bonds. The third-order valence-electron chi connectivity index (χ3n) is 15.4. The van der Waals surface area contributed by atoms with Crippen LogP contribution in [0.25, 0.3) is 0 Å². The molecule has 4 nitrogen and oxygen atoms in total. The van der Waals surface area contributed by atoms with Crippen LogP contribution in [-0.2, 0) is 12.8 Å². The Morgan fingerprint density at radius 3 is 0.903 bits per heavy atom. The molecule has 4 atom stereocenters. The van der Waals surface area contributed by atoms with E-state index in [1.54, 1.807) is 0 Å². The first kappa shape index (κ1) is 65.0. The van der Waals surface area contributed by atoms with Crippen LogP contribution in [0.15, 0.2) is 129 Å². The molecule has 12 heterocycles. The number of hydrogen-bond donors (Lipinski definition) is 1. The summed E-state index contributed by atoms with van der Waals surface area (Å²) in [5.74, 6) is 3.75. The van der Waals surface area contributed by atoms with Gasteiger partial charge in [-0.1, -0.05) is 117 Å². The Morgan fingerprint density at radius 1 is 0.417 bits per heavy atom. The molecule has 4 aromatic carbocycles. The summed E-state index contributed by atoms with van der Waals surface area (Å²) >= 11 is 16.5. The molecule has 0 spiro atoms. The van der Waals surface area contributed by atoms with Gasteiger partial charge in [0, 0.05) is 66.9 Å². The van der Waals surface area contributed by atoms with Gasteiger partial charge in [-0.3, -0.25) is 0 Å². The molecule has 0 radical (unpaired) electrons. The molecular weight excluding hydrogens is 1000 g/mol. The van der Waals surface area contributed by atoms with Gasteiger partial charge in [-0.15, -0.1) is 71.9 Å². The van der Waals surface area contributed by atoms with Crippen LogP contribution < -0.4 is 0 Å². The molecule has 12 aliphatic rings. The highest BCUT2D eigenvalue weighted by Gasteiger charge is 2.37. The van der Waals surface area contributed by atoms with Crippen molar-refractivity contribution in [1.82, 2.24) is 19.6 Å². The number of nitrogens with zero attached hydrogens (tertiary/aromatic N) is 4. The number of halogens is 2. The molecule has 0 aliphatic carbocycles. The molecule has 8 bridgehead atoms. The Morgan fingerprint density at radius 2 is 0.694 bits per heavy atom. The van der Waals surface area contributed by atoms with Gasteiger partial charge in [0.05, 0.1) is 0 Å². The van der Waals surface area contributed by atoms with E-state index in [4.69, 9.17) is 11.6 Å². The van der Waals surface area contributed by atoms with Crippen molar-refractivity contribution in [1.29, 1.82) is 0 Å². The lowest BCUT2D eigenvalue weighted by Gasteiger charge is -2.44. The number of hydrogen-bond acceptors (Lipinski definition) is 8. The Hall–Kier alpha value is -1.30. The van der Waals surface area contributed by atoms with Crippen LogP contribution in [0, 0.1) is 23.7 Å². The zero-order chi connectivity index (χ0) is 48.8. The van der Waals surface area contributed by atoms with Crippen LogP contribution in [0.3, 0.4) is 0 Å². The number of rotatable bonds is 8. The summed E-state index contributed by atoms with van der Waals surface area (Å²) in [5.41, 5.74) is 2.89. The second kappa shape index (κ2) is 35.9. The normalized spacial score (nSPS) is 29.3. The molecule has 16 rings (SSSR count). The minimum Gasteiger partial charge on any atom is -0.302 e. The van der Waals surface area contributed by atoms with Crippen molar-refractivity contribution >= 4 is 71.9 Å². The minimum absolute atomic E-state index is 0. The van der Waals surface area contributed by atoms with Crippen LogP contribution in [0.2, 0.25) is 0 Å². The number of aryl methyl sites for hydroxylation is 2. The van der Waals surface area contributed by atoms with Crippen LogP contribution in [0.1, 0.15) is 119 Å². The van der Waals surface area contributed by atoms with Crippen molar-refractivity contribution in [2.75, 3.05) is 78.5 Å². The Balaban J connectivity index is 0.000000238. The largest absolute Gasteiger partial charge is 0.302 e. The van der Waals surface area contributed by atoms with Gasteiger partial charge >= 0.3 is 0 Å². The van der Waals surface area contributed by atoms with Gasteiger partial charge in [-0.2, -0.15) is 0 Å². The van der Waals surface area contributed by atoms with Crippen molar-refractivity contribution < 1.29 is 0 Å². The van der Waals surface area contributed by atoms with E-state index in [-0.39, 0.29) is 27.3 Å². The van der Waals surface area contributed by atoms with E-state index in [0.717, 1.165) is 63.7 Å². The van der Waals surface area contributed by atoms with Crippen molar-refractivity contribution in [3.8, 4) is 0 Å². The van der Waals surface area contributed by atoms with E-state index in [0.29, 0.717) is 5.38 Å². The minimum atomic E-state index is 0. The van der Waals surface area contributed by atoms with Gasteiger partial charge in [0.2, 0.25) is 0 Å². The van der Waals surface area contributed by atoms with Gasteiger partial charge < -0.3 is 19.6 Å². The number of piperidine rings is 12. The second-order valence-corrected chi connectivity index (χ2v) is 24.7. The van der Waals surface area contributed by atoms with Gasteiger partial charge in [-0.25, -0.2) is 0 Å². The first-order chi connectivity index (χ1) is 33.9. The van der Waals surface area contributed by atoms with E-state index in [2.05, 4.69) is 160 Å². The molecule has 0 N–H and O–H groups in total. The zero-order valence-electron chi connectivity index (χ0n) is 43.8. The summed E-state index contributed by atoms with van der Waals surface area (Å²) < 4.78 is 0. The number of benzene rings is 4. The monoisotopic (exact) mass is 1100 g/mol. The molecule has 0 saturated carbocycles. The van der Waals surface area contributed by atoms with Gasteiger partial charge in [0.1, 0.15) is 0 Å². The van der Waals surface area contributed by atoms with Crippen LogP contribution in [0.5, 0.6) is 0 Å². The highest BCUT2D eigenvalue weighted by Crippen LogP contribution is 2.41. The second-order valence-electron chi connectivity index (χ2n) is 19.7. The van der Waals surface area contributed by atoms with Gasteiger partial charge in [0.25, 0.3) is 0 Å². The van der Waals surface area contributed by atoms with E-state index < -0.39 is 0 Å². The Labute approximate surface area is 471 Å². The first-order valence-corrected chi connectivity index (χ1v) is 30.9. The summed E-state index contributed by atoms with van der Waals surface area (Å²) in [6.45, 7) is 28.2. The van der Waals surface area contributed by atoms with Gasteiger partial charge in [-0.05, 0) is 200 Å². The smallest absolute Gasteiger partial charge is 0.0492 e. The molecule has 404 valence electrons. The van der Waals surface area contributed by atoms with E-state index >= 15 is 0 Å². The maximum Gasteiger partial charge on any atom is 0.0492 e. The molecule has 10 heteroatoms. The predicted octanol–water partition coefficient (Wildman–Crippen LogP) is 16.8. The fraction of sp³-hybridized carbons (Fsp3) is 0.613. The van der Waals surface area contributed by atoms with Crippen molar-refractivity contribution in [2.45, 2.75) is 161 Å². The molecule has 1 unspecified atom stereocenters. The maximum atomic E-state index is 6.07. The molecular formula is C62H98Cl2N4S4. The van der Waals surface area contributed by atoms with Crippen LogP contribution in [0.4, 0.5) is 0 Å². The SMILES string of the molecule is C.C.CC.CC.CCc1ccc(S[C@H]2CN3CCC2CC3)cc1.CCc1ccc(S[C@H]2CN3CCC2CC3)cc1.Cl.ClC1CN2CCC1CC2.Sc1ccccc1.c1ccc(S[C@H]2CN3CCC2CC3)cc1. The molecule has 0 aromatic heterocycles. The van der Waals surface area contributed by atoms with E-state index in [1.165, 1.54) is 149 Å². The van der Waals surface area contributed by atoms with Crippen molar-refractivity contribution in [3.63, 3.8) is 0 Å². The quantitative estimate of drug-likeness (QED) is 0.138. The third kappa shape index (κ3) is 20.9. The Bertz CT molecular complexity index is 1860. The van der Waals surface area contributed by atoms with Crippen LogP contribution in [-0.4, -0.2) is 119 Å². The topological polar surface area (TPSA) is 13.0 Å². The lowest BCUT2D eigenvalue weighted by molar-refractivity contribution is 0.116. The summed E-state index contributed by atoms with van der Waals surface area (Å²) in [6, 6.07) is 39.0. The average Bonchev–Trinajstić information content (AvgIpc) is 3.43. The lowest BCUT2D eigenvalue weighted by Crippen LogP contribution is -2.48. The third-order valence-corrected chi connectivity index (χ3v) is 20.3. The number of fused-ring (bicyclic) bond motifs is 12. The maximum absolute atomic E-state index is 6.07. The number of thiol groups is 1. The summed E-state index contributed by atoms with van der Waals surface area (Å²) in [4.78, 5) is 15.7. The Kier molecular flexibility index (Phi) is 32.4. The molecule has 4 aromatic rings. The summed E-state index contributed by atoms with van der Waals surface area (Å²) in [6.07, 6.45) is 13.5. The zero-order valence-corrected chi connectivity index (χ0v) is 48.7. The molecule has 72 heavy (non-hydrogen) atoms. The first-order valence-electron chi connectivity index (χ1n) is 27.4. The summed E-state index contributed by atoms with van der Waals surface area (Å²) in [7, 11) is 0. The number of thioether (sulfide) groups is 3. The highest BCUT2D eigenvalue weighted by molar-refractivity contribution is 8.00. The fourth-order valence-corrected chi connectivity index (χ4v) is 15.9. The predicted molar refractivity (Wildman–Crippen MR) is 330 cm³/mol. The molecule has 12 saturated heterocycles. The van der Waals surface area contributed by atoms with E-state index in [9.17, 15) is 0 Å². The van der Waals surface area contributed by atoms with Crippen molar-refractivity contribution in [2.24, 2.45) is 23.7 Å². The highest BCUT2D eigenvalue weighted by atomic mass is 35.5. The molecule has 12 aliphatic heterocycles. The molecule has 12 fully saturated rings. The van der Waals surface area contributed by atoms with Crippen LogP contribution >= 0.6 is 71.9 Å².